The molecule has 1 aliphatic carbocycles. The summed E-state index contributed by atoms with van der Waals surface area (Å²) in [4.78, 5) is 21.1. The van der Waals surface area contributed by atoms with Gasteiger partial charge in [0, 0.05) is 47.0 Å². The Morgan fingerprint density at radius 3 is 2.28 bits per heavy atom. The van der Waals surface area contributed by atoms with Crippen molar-refractivity contribution in [2.45, 2.75) is 58.8 Å². The van der Waals surface area contributed by atoms with Crippen LogP contribution in [0.4, 0.5) is 5.82 Å². The summed E-state index contributed by atoms with van der Waals surface area (Å²) < 4.78 is 1.70. The number of hydrogen-bond acceptors (Lipinski definition) is 6. The summed E-state index contributed by atoms with van der Waals surface area (Å²) in [5.74, 6) is 1.75. The third kappa shape index (κ3) is 6.15. The van der Waals surface area contributed by atoms with Gasteiger partial charge < -0.3 is 16.3 Å². The Kier molecular flexibility index (Phi) is 9.70. The molecule has 36 heavy (non-hydrogen) atoms. The lowest BCUT2D eigenvalue weighted by molar-refractivity contribution is -0.118. The second kappa shape index (κ2) is 12.9. The van der Waals surface area contributed by atoms with Crippen molar-refractivity contribution < 1.29 is 4.79 Å². The van der Waals surface area contributed by atoms with Gasteiger partial charge in [-0.2, -0.15) is 9.61 Å². The molecule has 7 heteroatoms. The number of ketones is 1. The van der Waals surface area contributed by atoms with Crippen LogP contribution in [0.1, 0.15) is 64.5 Å². The SMILES string of the molecule is CC.CC(=O)CC1CCC(c2cc(N)n3ncc(-c4ccc(-c5ccccc5)nc4)c3n2)CC1.CN. The molecule has 3 aromatic heterocycles. The average molecular weight is 487 g/mol. The largest absolute Gasteiger partial charge is 0.384 e. The van der Waals surface area contributed by atoms with Gasteiger partial charge >= 0.3 is 0 Å². The number of carbonyl (C=O) groups is 1. The van der Waals surface area contributed by atoms with Crippen LogP contribution in [-0.2, 0) is 4.79 Å². The zero-order valence-corrected chi connectivity index (χ0v) is 21.8. The first-order valence-corrected chi connectivity index (χ1v) is 12.8. The highest BCUT2D eigenvalue weighted by Crippen LogP contribution is 2.37. The maximum Gasteiger partial charge on any atom is 0.165 e. The molecule has 0 radical (unpaired) electrons. The quantitative estimate of drug-likeness (QED) is 0.363. The highest BCUT2D eigenvalue weighted by atomic mass is 16.1. The molecule has 0 aliphatic heterocycles. The number of nitrogens with zero attached hydrogens (tertiary/aromatic N) is 4. The van der Waals surface area contributed by atoms with Gasteiger partial charge in [-0.1, -0.05) is 50.2 Å². The molecular formula is C29H38N6O. The fraction of sp³-hybridized carbons (Fsp3) is 0.379. The fourth-order valence-corrected chi connectivity index (χ4v) is 4.82. The highest BCUT2D eigenvalue weighted by molar-refractivity contribution is 5.78. The fourth-order valence-electron chi connectivity index (χ4n) is 4.82. The lowest BCUT2D eigenvalue weighted by Gasteiger charge is -2.27. The van der Waals surface area contributed by atoms with Crippen molar-refractivity contribution >= 4 is 17.2 Å². The molecule has 7 nitrogen and oxygen atoms in total. The molecule has 1 saturated carbocycles. The number of aromatic nitrogens is 4. The molecule has 1 aliphatic rings. The van der Waals surface area contributed by atoms with E-state index in [1.165, 1.54) is 7.05 Å². The zero-order chi connectivity index (χ0) is 26.1. The van der Waals surface area contributed by atoms with E-state index in [1.54, 1.807) is 11.4 Å². The second-order valence-corrected chi connectivity index (χ2v) is 8.82. The molecule has 0 amide bonds. The number of fused-ring (bicyclic) bond motifs is 1. The summed E-state index contributed by atoms with van der Waals surface area (Å²) in [5.41, 5.74) is 16.5. The molecule has 3 heterocycles. The number of nitrogens with two attached hydrogens (primary N) is 2. The molecule has 5 rings (SSSR count). The van der Waals surface area contributed by atoms with Crippen LogP contribution in [0.25, 0.3) is 28.0 Å². The average Bonchev–Trinajstić information content (AvgIpc) is 3.36. The number of carbonyl (C=O) groups excluding carboxylic acids is 1. The Morgan fingerprint density at radius 1 is 0.972 bits per heavy atom. The van der Waals surface area contributed by atoms with Gasteiger partial charge in [0.05, 0.1) is 11.9 Å². The molecule has 0 saturated heterocycles. The van der Waals surface area contributed by atoms with E-state index < -0.39 is 0 Å². The van der Waals surface area contributed by atoms with Crippen LogP contribution < -0.4 is 11.5 Å². The number of Topliss-reactive ketones (excluding diaryl/α,β-unsaturated/α-hetero) is 1. The van der Waals surface area contributed by atoms with Crippen molar-refractivity contribution in [1.29, 1.82) is 0 Å². The third-order valence-corrected chi connectivity index (χ3v) is 6.50. The van der Waals surface area contributed by atoms with Crippen molar-refractivity contribution in [1.82, 2.24) is 19.6 Å². The smallest absolute Gasteiger partial charge is 0.165 e. The Hall–Kier alpha value is -3.58. The number of benzene rings is 1. The van der Waals surface area contributed by atoms with E-state index in [-0.39, 0.29) is 5.78 Å². The minimum absolute atomic E-state index is 0.285. The summed E-state index contributed by atoms with van der Waals surface area (Å²) in [6.45, 7) is 5.69. The first-order chi connectivity index (χ1) is 17.6. The van der Waals surface area contributed by atoms with E-state index in [0.717, 1.165) is 59.4 Å². The predicted octanol–water partition coefficient (Wildman–Crippen LogP) is 5.89. The molecule has 4 N–H and O–H groups in total. The zero-order valence-electron chi connectivity index (χ0n) is 21.8. The summed E-state index contributed by atoms with van der Waals surface area (Å²) in [6, 6.07) is 16.2. The second-order valence-electron chi connectivity index (χ2n) is 8.82. The predicted molar refractivity (Wildman–Crippen MR) is 148 cm³/mol. The van der Waals surface area contributed by atoms with Gasteiger partial charge in [0.2, 0.25) is 0 Å². The Bertz CT molecular complexity index is 1240. The number of nitrogen functional groups attached to an aromatic ring is 1. The lowest BCUT2D eigenvalue weighted by Crippen LogP contribution is -2.17. The molecular weight excluding hydrogens is 448 g/mol. The maximum atomic E-state index is 11.5. The van der Waals surface area contributed by atoms with E-state index in [9.17, 15) is 4.79 Å². The van der Waals surface area contributed by atoms with Crippen LogP contribution in [0.5, 0.6) is 0 Å². The van der Waals surface area contributed by atoms with E-state index in [0.29, 0.717) is 24.1 Å². The summed E-state index contributed by atoms with van der Waals surface area (Å²) in [6.07, 6.45) is 8.58. The monoisotopic (exact) mass is 486 g/mol. The molecule has 1 fully saturated rings. The van der Waals surface area contributed by atoms with Crippen LogP contribution in [0.2, 0.25) is 0 Å². The van der Waals surface area contributed by atoms with Crippen LogP contribution in [0.15, 0.2) is 60.9 Å². The molecule has 0 spiro atoms. The number of hydrogen-bond donors (Lipinski definition) is 2. The number of anilines is 1. The van der Waals surface area contributed by atoms with Crippen molar-refractivity contribution in [2.24, 2.45) is 11.7 Å². The summed E-state index contributed by atoms with van der Waals surface area (Å²) in [7, 11) is 1.50. The first-order valence-electron chi connectivity index (χ1n) is 12.8. The van der Waals surface area contributed by atoms with Gasteiger partial charge in [-0.25, -0.2) is 4.98 Å². The van der Waals surface area contributed by atoms with Gasteiger partial charge in [0.1, 0.15) is 11.6 Å². The topological polar surface area (TPSA) is 112 Å². The van der Waals surface area contributed by atoms with Gasteiger partial charge in [0.15, 0.2) is 5.65 Å². The molecule has 4 aromatic rings. The van der Waals surface area contributed by atoms with E-state index in [4.69, 9.17) is 10.7 Å². The van der Waals surface area contributed by atoms with Crippen LogP contribution in [0.3, 0.4) is 0 Å². The Balaban J connectivity index is 0.000000861. The molecule has 190 valence electrons. The van der Waals surface area contributed by atoms with Crippen molar-refractivity contribution in [3.63, 3.8) is 0 Å². The lowest BCUT2D eigenvalue weighted by atomic mass is 9.78. The molecule has 0 atom stereocenters. The molecule has 1 aromatic carbocycles. The van der Waals surface area contributed by atoms with Gasteiger partial charge in [-0.15, -0.1) is 0 Å². The maximum absolute atomic E-state index is 11.5. The minimum Gasteiger partial charge on any atom is -0.384 e. The number of rotatable bonds is 5. The summed E-state index contributed by atoms with van der Waals surface area (Å²) >= 11 is 0. The van der Waals surface area contributed by atoms with E-state index >= 15 is 0 Å². The van der Waals surface area contributed by atoms with Crippen molar-refractivity contribution in [3.8, 4) is 22.4 Å². The standard InChI is InChI=1S/C26H27N5O.C2H6.CH5N/c1-17(32)13-18-7-9-20(10-8-18)24-14-25(27)31-26(30-24)22(16-29-31)21-11-12-23(28-15-21)19-5-3-2-4-6-19;2*1-2/h2-6,11-12,14-16,18,20H,7-10,13,27H2,1H3;1-2H3;2H2,1H3. The Morgan fingerprint density at radius 2 is 1.67 bits per heavy atom. The van der Waals surface area contributed by atoms with Gasteiger partial charge in [0.25, 0.3) is 0 Å². The Labute approximate surface area is 214 Å². The minimum atomic E-state index is 0.285. The van der Waals surface area contributed by atoms with Crippen molar-refractivity contribution in [3.05, 3.63) is 66.6 Å². The van der Waals surface area contributed by atoms with Crippen LogP contribution in [0, 0.1) is 5.92 Å². The highest BCUT2D eigenvalue weighted by Gasteiger charge is 2.25. The van der Waals surface area contributed by atoms with E-state index in [1.807, 2.05) is 56.6 Å². The first kappa shape index (κ1) is 27.0. The van der Waals surface area contributed by atoms with Gasteiger partial charge in [-0.3, -0.25) is 4.98 Å². The summed E-state index contributed by atoms with van der Waals surface area (Å²) in [5, 5.41) is 4.47. The normalized spacial score (nSPS) is 16.9. The van der Waals surface area contributed by atoms with Crippen molar-refractivity contribution in [2.75, 3.05) is 12.8 Å². The molecule has 0 unspecified atom stereocenters. The van der Waals surface area contributed by atoms with Crippen LogP contribution >= 0.6 is 0 Å². The van der Waals surface area contributed by atoms with Crippen LogP contribution in [-0.4, -0.2) is 32.4 Å². The third-order valence-electron chi connectivity index (χ3n) is 6.50. The number of pyridine rings is 1. The van der Waals surface area contributed by atoms with Gasteiger partial charge in [-0.05, 0) is 51.6 Å². The van der Waals surface area contributed by atoms with E-state index in [2.05, 4.69) is 34.0 Å². The molecule has 0 bridgehead atoms.